The Morgan fingerprint density at radius 3 is 2.42 bits per heavy atom. The zero-order valence-electron chi connectivity index (χ0n) is 17.4. The summed E-state index contributed by atoms with van der Waals surface area (Å²) < 4.78 is 0. The zero-order valence-corrected chi connectivity index (χ0v) is 17.4. The number of hydrogen-bond acceptors (Lipinski definition) is 6. The van der Waals surface area contributed by atoms with Crippen LogP contribution in [0.5, 0.6) is 0 Å². The normalized spacial score (nSPS) is 10.3. The summed E-state index contributed by atoms with van der Waals surface area (Å²) in [5.41, 5.74) is 10.1. The van der Waals surface area contributed by atoms with Crippen molar-refractivity contribution < 1.29 is 14.4 Å². The van der Waals surface area contributed by atoms with Crippen molar-refractivity contribution in [1.29, 1.82) is 0 Å². The third-order valence-electron chi connectivity index (χ3n) is 4.47. The number of aromatic nitrogens is 1. The molecule has 0 fully saturated rings. The van der Waals surface area contributed by atoms with Gasteiger partial charge in [0.05, 0.1) is 5.69 Å². The molecule has 31 heavy (non-hydrogen) atoms. The van der Waals surface area contributed by atoms with Crippen molar-refractivity contribution in [2.24, 2.45) is 0 Å². The molecule has 5 N–H and O–H groups in total. The molecule has 8 nitrogen and oxygen atoms in total. The lowest BCUT2D eigenvalue weighted by Crippen LogP contribution is -2.28. The molecule has 1 aromatic heterocycles. The number of hydrogen-bond donors (Lipinski definition) is 4. The van der Waals surface area contributed by atoms with Crippen LogP contribution in [0, 0.1) is 13.8 Å². The van der Waals surface area contributed by atoms with Gasteiger partial charge in [-0.2, -0.15) is 0 Å². The van der Waals surface area contributed by atoms with Crippen LogP contribution >= 0.6 is 0 Å². The highest BCUT2D eigenvalue weighted by Crippen LogP contribution is 2.24. The van der Waals surface area contributed by atoms with Gasteiger partial charge in [0.25, 0.3) is 11.8 Å². The second kappa shape index (κ2) is 9.08. The van der Waals surface area contributed by atoms with Crippen molar-refractivity contribution >= 4 is 40.6 Å². The number of aryl methyl sites for hydroxylation is 2. The number of nitrogens with two attached hydrogens (primary N) is 1. The van der Waals surface area contributed by atoms with Gasteiger partial charge in [-0.25, -0.2) is 4.98 Å². The van der Waals surface area contributed by atoms with Crippen molar-refractivity contribution in [2.45, 2.75) is 20.8 Å². The molecule has 0 aliphatic heterocycles. The predicted molar refractivity (Wildman–Crippen MR) is 120 cm³/mol. The molecular weight excluding hydrogens is 394 g/mol. The Morgan fingerprint density at radius 2 is 1.71 bits per heavy atom. The van der Waals surface area contributed by atoms with Crippen LogP contribution in [0.15, 0.2) is 54.7 Å². The van der Waals surface area contributed by atoms with Crippen LogP contribution in [-0.4, -0.2) is 22.7 Å². The van der Waals surface area contributed by atoms with Crippen molar-refractivity contribution in [3.8, 4) is 0 Å². The molecule has 0 spiro atoms. The smallest absolute Gasteiger partial charge is 0.257 e. The third kappa shape index (κ3) is 5.45. The van der Waals surface area contributed by atoms with E-state index >= 15 is 0 Å². The van der Waals surface area contributed by atoms with E-state index in [0.717, 1.165) is 11.1 Å². The average molecular weight is 417 g/mol. The molecule has 0 radical (unpaired) electrons. The Balaban J connectivity index is 1.80. The van der Waals surface area contributed by atoms with Gasteiger partial charge in [0.2, 0.25) is 5.91 Å². The van der Waals surface area contributed by atoms with E-state index < -0.39 is 11.8 Å². The molecule has 158 valence electrons. The van der Waals surface area contributed by atoms with Crippen molar-refractivity contribution in [3.63, 3.8) is 0 Å². The van der Waals surface area contributed by atoms with E-state index in [1.165, 1.54) is 13.0 Å². The van der Waals surface area contributed by atoms with Crippen molar-refractivity contribution in [1.82, 2.24) is 10.3 Å². The van der Waals surface area contributed by atoms with E-state index in [1.807, 2.05) is 32.0 Å². The summed E-state index contributed by atoms with van der Waals surface area (Å²) in [6, 6.07) is 13.5. The number of nitrogen functional groups attached to an aromatic ring is 1. The quantitative estimate of drug-likeness (QED) is 0.503. The molecule has 3 rings (SSSR count). The molecule has 3 amide bonds. The van der Waals surface area contributed by atoms with Gasteiger partial charge in [-0.3, -0.25) is 19.7 Å². The highest BCUT2D eigenvalue weighted by Gasteiger charge is 2.13. The van der Waals surface area contributed by atoms with Crippen LogP contribution in [0.2, 0.25) is 0 Å². The Bertz CT molecular complexity index is 1170. The van der Waals surface area contributed by atoms with E-state index in [9.17, 15) is 14.4 Å². The molecule has 0 aliphatic carbocycles. The number of rotatable bonds is 5. The molecule has 3 aromatic rings. The van der Waals surface area contributed by atoms with E-state index in [4.69, 9.17) is 5.73 Å². The van der Waals surface area contributed by atoms with E-state index in [-0.39, 0.29) is 11.5 Å². The number of pyridine rings is 1. The minimum Gasteiger partial charge on any atom is -0.396 e. The van der Waals surface area contributed by atoms with Crippen LogP contribution < -0.4 is 21.7 Å². The number of anilines is 4. The number of amides is 3. The molecule has 1 heterocycles. The van der Waals surface area contributed by atoms with Gasteiger partial charge < -0.3 is 16.4 Å². The van der Waals surface area contributed by atoms with Crippen LogP contribution in [0.3, 0.4) is 0 Å². The first kappa shape index (κ1) is 21.5. The summed E-state index contributed by atoms with van der Waals surface area (Å²) in [5.74, 6) is -0.822. The number of imide groups is 1. The molecule has 0 saturated heterocycles. The lowest BCUT2D eigenvalue weighted by atomic mass is 10.1. The van der Waals surface area contributed by atoms with E-state index in [1.54, 1.807) is 30.5 Å². The van der Waals surface area contributed by atoms with E-state index in [2.05, 4.69) is 20.9 Å². The fraction of sp³-hybridized carbons (Fsp3) is 0.130. The Hall–Kier alpha value is -4.20. The number of carbonyl (C=O) groups is 3. The first-order chi connectivity index (χ1) is 14.7. The summed E-state index contributed by atoms with van der Waals surface area (Å²) in [5, 5.41) is 8.12. The standard InChI is InChI=1S/C23H23N5O3/c1-13-9-20(24)21(25-12-13)27-18-8-7-14(2)19(11-18)23(31)28-17-6-4-5-16(10-17)22(30)26-15(3)29/h4-12H,24H2,1-3H3,(H,25,27)(H,28,31)(H,26,29,30). The molecule has 0 unspecified atom stereocenters. The monoisotopic (exact) mass is 417 g/mol. The summed E-state index contributed by atoms with van der Waals surface area (Å²) in [7, 11) is 0. The fourth-order valence-corrected chi connectivity index (χ4v) is 2.95. The molecule has 2 aromatic carbocycles. The molecule has 0 atom stereocenters. The number of carbonyl (C=O) groups excluding carboxylic acids is 3. The van der Waals surface area contributed by atoms with E-state index in [0.29, 0.717) is 28.4 Å². The van der Waals surface area contributed by atoms with Crippen molar-refractivity contribution in [2.75, 3.05) is 16.4 Å². The maximum absolute atomic E-state index is 12.9. The minimum absolute atomic E-state index is 0.265. The lowest BCUT2D eigenvalue weighted by molar-refractivity contribution is -0.118. The van der Waals surface area contributed by atoms with Crippen LogP contribution in [0.25, 0.3) is 0 Å². The Labute approximate surface area is 179 Å². The minimum atomic E-state index is -0.533. The first-order valence-corrected chi connectivity index (χ1v) is 9.56. The number of benzene rings is 2. The average Bonchev–Trinajstić information content (AvgIpc) is 2.71. The largest absolute Gasteiger partial charge is 0.396 e. The highest BCUT2D eigenvalue weighted by atomic mass is 16.2. The molecule has 8 heteroatoms. The molecule has 0 aliphatic rings. The van der Waals surface area contributed by atoms with Crippen LogP contribution in [0.4, 0.5) is 22.9 Å². The summed E-state index contributed by atoms with van der Waals surface area (Å²) in [4.78, 5) is 40.3. The van der Waals surface area contributed by atoms with Crippen molar-refractivity contribution in [3.05, 3.63) is 77.0 Å². The van der Waals surface area contributed by atoms with Gasteiger partial charge in [-0.1, -0.05) is 12.1 Å². The van der Waals surface area contributed by atoms with Crippen LogP contribution in [-0.2, 0) is 4.79 Å². The summed E-state index contributed by atoms with van der Waals surface area (Å²) in [6.45, 7) is 4.99. The molecule has 0 bridgehead atoms. The second-order valence-corrected chi connectivity index (χ2v) is 7.15. The molecular formula is C23H23N5O3. The second-order valence-electron chi connectivity index (χ2n) is 7.15. The van der Waals surface area contributed by atoms with Crippen LogP contribution in [0.1, 0.15) is 38.8 Å². The maximum atomic E-state index is 12.9. The van der Waals surface area contributed by atoms with Gasteiger partial charge >= 0.3 is 0 Å². The number of nitrogens with zero attached hydrogens (tertiary/aromatic N) is 1. The third-order valence-corrected chi connectivity index (χ3v) is 4.47. The first-order valence-electron chi connectivity index (χ1n) is 9.56. The topological polar surface area (TPSA) is 126 Å². The van der Waals surface area contributed by atoms with Gasteiger partial charge in [0, 0.05) is 35.6 Å². The van der Waals surface area contributed by atoms with Gasteiger partial charge in [0.15, 0.2) is 5.82 Å². The summed E-state index contributed by atoms with van der Waals surface area (Å²) >= 11 is 0. The highest BCUT2D eigenvalue weighted by molar-refractivity contribution is 6.08. The number of nitrogens with one attached hydrogen (secondary N) is 3. The van der Waals surface area contributed by atoms with Gasteiger partial charge in [-0.15, -0.1) is 0 Å². The Morgan fingerprint density at radius 1 is 0.935 bits per heavy atom. The Kier molecular flexibility index (Phi) is 6.30. The van der Waals surface area contributed by atoms with Gasteiger partial charge in [0.1, 0.15) is 0 Å². The fourth-order valence-electron chi connectivity index (χ4n) is 2.95. The molecule has 0 saturated carbocycles. The summed E-state index contributed by atoms with van der Waals surface area (Å²) in [6.07, 6.45) is 1.70. The SMILES string of the molecule is CC(=O)NC(=O)c1cccc(NC(=O)c2cc(Nc3ncc(C)cc3N)ccc2C)c1. The lowest BCUT2D eigenvalue weighted by Gasteiger charge is -2.13. The van der Waals surface area contributed by atoms with Gasteiger partial charge in [-0.05, 0) is 61.4 Å². The maximum Gasteiger partial charge on any atom is 0.257 e. The zero-order chi connectivity index (χ0) is 22.5. The predicted octanol–water partition coefficient (Wildman–Crippen LogP) is 3.55.